The molecule has 0 aliphatic carbocycles. The number of rotatable bonds is 1. The summed E-state index contributed by atoms with van der Waals surface area (Å²) in [4.78, 5) is 0. The molecule has 0 saturated heterocycles. The molecule has 0 fully saturated rings. The quantitative estimate of drug-likeness (QED) is 0.637. The van der Waals surface area contributed by atoms with Gasteiger partial charge in [-0.2, -0.15) is 5.26 Å². The van der Waals surface area contributed by atoms with E-state index in [4.69, 9.17) is 11.0 Å². The van der Waals surface area contributed by atoms with Gasteiger partial charge in [-0.3, -0.25) is 0 Å². The largest absolute Gasteiger partial charge is 0.398 e. The molecule has 0 saturated carbocycles. The summed E-state index contributed by atoms with van der Waals surface area (Å²) in [6.45, 7) is 1.94. The van der Waals surface area contributed by atoms with E-state index in [1.54, 1.807) is 12.1 Å². The lowest BCUT2D eigenvalue weighted by Crippen LogP contribution is -1.90. The van der Waals surface area contributed by atoms with Gasteiger partial charge in [0.1, 0.15) is 6.07 Å². The van der Waals surface area contributed by atoms with Gasteiger partial charge in [-0.15, -0.1) is 0 Å². The molecule has 12 heavy (non-hydrogen) atoms. The predicted molar refractivity (Wildman–Crippen MR) is 50.3 cm³/mol. The van der Waals surface area contributed by atoms with Crippen LogP contribution in [-0.2, 0) is 0 Å². The Morgan fingerprint density at radius 3 is 2.75 bits per heavy atom. The van der Waals surface area contributed by atoms with Gasteiger partial charge < -0.3 is 5.73 Å². The number of hydrogen-bond acceptors (Lipinski definition) is 2. The second-order valence-electron chi connectivity index (χ2n) is 2.46. The smallest absolute Gasteiger partial charge is 0.101 e. The van der Waals surface area contributed by atoms with Crippen molar-refractivity contribution in [2.45, 2.75) is 6.92 Å². The van der Waals surface area contributed by atoms with Gasteiger partial charge in [0.2, 0.25) is 0 Å². The molecule has 2 heteroatoms. The van der Waals surface area contributed by atoms with Crippen LogP contribution in [0.5, 0.6) is 0 Å². The molecule has 1 aromatic rings. The van der Waals surface area contributed by atoms with Gasteiger partial charge in [-0.1, -0.05) is 18.2 Å². The molecule has 0 atom stereocenters. The normalized spacial score (nSPS) is 10.0. The summed E-state index contributed by atoms with van der Waals surface area (Å²) in [6, 6.07) is 7.40. The maximum Gasteiger partial charge on any atom is 0.101 e. The number of nitrogens with two attached hydrogens (primary N) is 1. The van der Waals surface area contributed by atoms with Crippen LogP contribution in [0, 0.1) is 11.3 Å². The molecular weight excluding hydrogens is 148 g/mol. The number of allylic oxidation sites excluding steroid dienone is 1. The Morgan fingerprint density at radius 1 is 1.50 bits per heavy atom. The van der Waals surface area contributed by atoms with Crippen molar-refractivity contribution >= 4 is 11.8 Å². The van der Waals surface area contributed by atoms with Crippen molar-refractivity contribution in [3.8, 4) is 6.07 Å². The minimum atomic E-state index is 0.531. The van der Waals surface area contributed by atoms with Crippen LogP contribution in [0.1, 0.15) is 18.1 Å². The minimum absolute atomic E-state index is 0.531. The maximum absolute atomic E-state index is 8.59. The van der Waals surface area contributed by atoms with E-state index in [0.29, 0.717) is 11.3 Å². The highest BCUT2D eigenvalue weighted by Gasteiger charge is 1.96. The van der Waals surface area contributed by atoms with Crippen molar-refractivity contribution in [2.75, 3.05) is 5.73 Å². The Morgan fingerprint density at radius 2 is 2.25 bits per heavy atom. The standard InChI is InChI=1S/C10H10N2/c1-2-3-8-4-5-9(7-11)10(12)6-8/h2-6H,12H2,1H3. The van der Waals surface area contributed by atoms with Gasteiger partial charge in [0.15, 0.2) is 0 Å². The molecule has 0 bridgehead atoms. The van der Waals surface area contributed by atoms with Crippen LogP contribution in [-0.4, -0.2) is 0 Å². The fraction of sp³-hybridized carbons (Fsp3) is 0.100. The fourth-order valence-electron chi connectivity index (χ4n) is 0.979. The third kappa shape index (κ3) is 1.64. The van der Waals surface area contributed by atoms with Crippen molar-refractivity contribution < 1.29 is 0 Å². The zero-order chi connectivity index (χ0) is 8.97. The number of nitrogen functional groups attached to an aromatic ring is 1. The molecule has 0 radical (unpaired) electrons. The minimum Gasteiger partial charge on any atom is -0.398 e. The Balaban J connectivity index is 3.12. The highest BCUT2D eigenvalue weighted by Crippen LogP contribution is 2.13. The number of anilines is 1. The van der Waals surface area contributed by atoms with Crippen LogP contribution in [0.3, 0.4) is 0 Å². The van der Waals surface area contributed by atoms with Gasteiger partial charge in [-0.05, 0) is 24.6 Å². The van der Waals surface area contributed by atoms with E-state index >= 15 is 0 Å². The summed E-state index contributed by atoms with van der Waals surface area (Å²) < 4.78 is 0. The van der Waals surface area contributed by atoms with Crippen LogP contribution >= 0.6 is 0 Å². The summed E-state index contributed by atoms with van der Waals surface area (Å²) in [6.07, 6.45) is 3.87. The molecule has 1 aromatic carbocycles. The molecule has 2 nitrogen and oxygen atoms in total. The van der Waals surface area contributed by atoms with E-state index in [9.17, 15) is 0 Å². The highest BCUT2D eigenvalue weighted by atomic mass is 14.6. The summed E-state index contributed by atoms with van der Waals surface area (Å²) in [5.41, 5.74) is 7.69. The van der Waals surface area contributed by atoms with Crippen molar-refractivity contribution in [3.05, 3.63) is 35.4 Å². The van der Waals surface area contributed by atoms with Gasteiger partial charge in [0.25, 0.3) is 0 Å². The van der Waals surface area contributed by atoms with Crippen molar-refractivity contribution in [2.24, 2.45) is 0 Å². The third-order valence-corrected chi connectivity index (χ3v) is 1.56. The Bertz CT molecular complexity index is 345. The average Bonchev–Trinajstić information content (AvgIpc) is 2.05. The third-order valence-electron chi connectivity index (χ3n) is 1.56. The molecular formula is C10H10N2. The van der Waals surface area contributed by atoms with Crippen molar-refractivity contribution in [1.82, 2.24) is 0 Å². The highest BCUT2D eigenvalue weighted by molar-refractivity contribution is 5.62. The molecule has 0 unspecified atom stereocenters. The summed E-state index contributed by atoms with van der Waals surface area (Å²) in [7, 11) is 0. The van der Waals surface area contributed by atoms with Crippen LogP contribution in [0.4, 0.5) is 5.69 Å². The molecule has 0 heterocycles. The van der Waals surface area contributed by atoms with Crippen LogP contribution < -0.4 is 5.73 Å². The van der Waals surface area contributed by atoms with E-state index in [-0.39, 0.29) is 0 Å². The first-order valence-electron chi connectivity index (χ1n) is 3.70. The molecule has 0 amide bonds. The van der Waals surface area contributed by atoms with Crippen LogP contribution in [0.25, 0.3) is 6.08 Å². The Hall–Kier alpha value is -1.75. The SMILES string of the molecule is CC=Cc1ccc(C#N)c(N)c1. The topological polar surface area (TPSA) is 49.8 Å². The first-order valence-corrected chi connectivity index (χ1v) is 3.70. The zero-order valence-electron chi connectivity index (χ0n) is 6.91. The first-order chi connectivity index (χ1) is 5.77. The number of hydrogen-bond donors (Lipinski definition) is 1. The Labute approximate surface area is 71.9 Å². The van der Waals surface area contributed by atoms with Crippen molar-refractivity contribution in [1.29, 1.82) is 5.26 Å². The van der Waals surface area contributed by atoms with Crippen LogP contribution in [0.2, 0.25) is 0 Å². The lowest BCUT2D eigenvalue weighted by molar-refractivity contribution is 1.48. The van der Waals surface area contributed by atoms with E-state index in [1.165, 1.54) is 0 Å². The summed E-state index contributed by atoms with van der Waals surface area (Å²) in [5.74, 6) is 0. The number of nitriles is 1. The van der Waals surface area contributed by atoms with Crippen LogP contribution in [0.15, 0.2) is 24.3 Å². The fourth-order valence-corrected chi connectivity index (χ4v) is 0.979. The number of benzene rings is 1. The zero-order valence-corrected chi connectivity index (χ0v) is 6.91. The van der Waals surface area contributed by atoms with E-state index < -0.39 is 0 Å². The molecule has 0 spiro atoms. The molecule has 60 valence electrons. The molecule has 0 aliphatic heterocycles. The van der Waals surface area contributed by atoms with Gasteiger partial charge in [0, 0.05) is 0 Å². The maximum atomic E-state index is 8.59. The van der Waals surface area contributed by atoms with Gasteiger partial charge in [0.05, 0.1) is 11.3 Å². The monoisotopic (exact) mass is 158 g/mol. The molecule has 0 aliphatic rings. The first kappa shape index (κ1) is 8.35. The lowest BCUT2D eigenvalue weighted by atomic mass is 10.1. The second-order valence-corrected chi connectivity index (χ2v) is 2.46. The summed E-state index contributed by atoms with van der Waals surface area (Å²) >= 11 is 0. The predicted octanol–water partition coefficient (Wildman–Crippen LogP) is 2.17. The molecule has 0 aromatic heterocycles. The van der Waals surface area contributed by atoms with Gasteiger partial charge >= 0.3 is 0 Å². The molecule has 2 N–H and O–H groups in total. The van der Waals surface area contributed by atoms with Crippen molar-refractivity contribution in [3.63, 3.8) is 0 Å². The van der Waals surface area contributed by atoms with E-state index in [0.717, 1.165) is 5.56 Å². The number of nitrogens with zero attached hydrogens (tertiary/aromatic N) is 1. The molecule has 1 rings (SSSR count). The average molecular weight is 158 g/mol. The second kappa shape index (κ2) is 3.59. The summed E-state index contributed by atoms with van der Waals surface area (Å²) in [5, 5.41) is 8.59. The Kier molecular flexibility index (Phi) is 2.49. The lowest BCUT2D eigenvalue weighted by Gasteiger charge is -1.97. The van der Waals surface area contributed by atoms with Gasteiger partial charge in [-0.25, -0.2) is 0 Å². The van der Waals surface area contributed by atoms with E-state index in [2.05, 4.69) is 0 Å². The van der Waals surface area contributed by atoms with E-state index in [1.807, 2.05) is 31.2 Å².